The smallest absolute Gasteiger partial charge is 0.0482 e. The van der Waals surface area contributed by atoms with E-state index in [1.165, 1.54) is 5.56 Å². The van der Waals surface area contributed by atoms with Crippen molar-refractivity contribution in [2.24, 2.45) is 11.7 Å². The van der Waals surface area contributed by atoms with E-state index >= 15 is 0 Å². The normalized spacial score (nSPS) is 13.4. The highest BCUT2D eigenvalue weighted by atomic mass is 79.9. The van der Waals surface area contributed by atoms with Gasteiger partial charge in [-0.3, -0.25) is 4.90 Å². The van der Waals surface area contributed by atoms with Gasteiger partial charge in [0.05, 0.1) is 0 Å². The fraction of sp³-hybridized carbons (Fsp3) is 0.625. The zero-order chi connectivity index (χ0) is 16.0. The molecule has 0 saturated carbocycles. The lowest BCUT2D eigenvalue weighted by atomic mass is 10.0. The van der Waals surface area contributed by atoms with Crippen molar-refractivity contribution in [3.8, 4) is 0 Å². The van der Waals surface area contributed by atoms with E-state index in [4.69, 9.17) is 17.3 Å². The monoisotopic (exact) mass is 375 g/mol. The van der Waals surface area contributed by atoms with Crippen molar-refractivity contribution in [1.29, 1.82) is 0 Å². The molecule has 0 aromatic heterocycles. The fourth-order valence-corrected chi connectivity index (χ4v) is 3.11. The highest BCUT2D eigenvalue weighted by molar-refractivity contribution is 9.10. The van der Waals surface area contributed by atoms with Crippen molar-refractivity contribution in [2.45, 2.75) is 19.9 Å². The van der Waals surface area contributed by atoms with E-state index in [9.17, 15) is 0 Å². The summed E-state index contributed by atoms with van der Waals surface area (Å²) in [6.45, 7) is 8.09. The van der Waals surface area contributed by atoms with Crippen LogP contribution in [-0.2, 0) is 0 Å². The van der Waals surface area contributed by atoms with Gasteiger partial charge in [0.2, 0.25) is 0 Å². The van der Waals surface area contributed by atoms with Gasteiger partial charge in [0.1, 0.15) is 0 Å². The lowest BCUT2D eigenvalue weighted by molar-refractivity contribution is 0.163. The molecule has 1 aromatic carbocycles. The van der Waals surface area contributed by atoms with Crippen LogP contribution in [0.25, 0.3) is 0 Å². The number of nitrogens with two attached hydrogens (primary N) is 1. The third kappa shape index (κ3) is 6.25. The van der Waals surface area contributed by atoms with Gasteiger partial charge in [0, 0.05) is 41.7 Å². The molecular weight excluding hydrogens is 350 g/mol. The molecule has 3 nitrogen and oxygen atoms in total. The van der Waals surface area contributed by atoms with Crippen molar-refractivity contribution in [1.82, 2.24) is 9.80 Å². The molecule has 0 aliphatic rings. The van der Waals surface area contributed by atoms with Crippen LogP contribution in [0.1, 0.15) is 25.5 Å². The van der Waals surface area contributed by atoms with Crippen LogP contribution in [0.5, 0.6) is 0 Å². The van der Waals surface area contributed by atoms with E-state index in [0.29, 0.717) is 12.5 Å². The first-order valence-corrected chi connectivity index (χ1v) is 8.56. The second kappa shape index (κ2) is 9.11. The van der Waals surface area contributed by atoms with E-state index in [2.05, 4.69) is 53.7 Å². The molecule has 0 amide bonds. The van der Waals surface area contributed by atoms with Crippen LogP contribution >= 0.6 is 27.5 Å². The summed E-state index contributed by atoms with van der Waals surface area (Å²) < 4.78 is 1.07. The Bertz CT molecular complexity index is 438. The van der Waals surface area contributed by atoms with E-state index in [0.717, 1.165) is 29.1 Å². The Kier molecular flexibility index (Phi) is 8.21. The minimum Gasteiger partial charge on any atom is -0.329 e. The standard InChI is InChI=1S/C16H27BrClN3/c1-12(2)11-21(8-7-20(3)4)16(10-19)14-9-13(18)5-6-15(14)17/h5-6,9,12,16H,7-8,10-11,19H2,1-4H3. The van der Waals surface area contributed by atoms with Crippen molar-refractivity contribution in [3.63, 3.8) is 0 Å². The summed E-state index contributed by atoms with van der Waals surface area (Å²) in [6, 6.07) is 6.10. The molecule has 0 radical (unpaired) electrons. The summed E-state index contributed by atoms with van der Waals surface area (Å²) in [5.74, 6) is 0.596. The molecule has 1 atom stereocenters. The minimum atomic E-state index is 0.181. The topological polar surface area (TPSA) is 32.5 Å². The summed E-state index contributed by atoms with van der Waals surface area (Å²) in [6.07, 6.45) is 0. The third-order valence-corrected chi connectivity index (χ3v) is 4.37. The number of nitrogens with zero attached hydrogens (tertiary/aromatic N) is 2. The molecule has 0 saturated heterocycles. The number of benzene rings is 1. The van der Waals surface area contributed by atoms with Gasteiger partial charge >= 0.3 is 0 Å². The van der Waals surface area contributed by atoms with Gasteiger partial charge in [-0.25, -0.2) is 0 Å². The number of hydrogen-bond donors (Lipinski definition) is 1. The molecule has 0 bridgehead atoms. The summed E-state index contributed by atoms with van der Waals surface area (Å²) in [7, 11) is 4.20. The van der Waals surface area contributed by atoms with Crippen LogP contribution < -0.4 is 5.73 Å². The Balaban J connectivity index is 3.01. The predicted octanol–water partition coefficient (Wildman–Crippen LogP) is 3.62. The van der Waals surface area contributed by atoms with Gasteiger partial charge in [-0.2, -0.15) is 0 Å². The van der Waals surface area contributed by atoms with Crippen LogP contribution in [0.15, 0.2) is 22.7 Å². The van der Waals surface area contributed by atoms with E-state index in [1.54, 1.807) is 0 Å². The van der Waals surface area contributed by atoms with Crippen molar-refractivity contribution in [3.05, 3.63) is 33.3 Å². The Labute approximate surface area is 142 Å². The van der Waals surface area contributed by atoms with Gasteiger partial charge < -0.3 is 10.6 Å². The highest BCUT2D eigenvalue weighted by Crippen LogP contribution is 2.30. The van der Waals surface area contributed by atoms with E-state index in [1.807, 2.05) is 18.2 Å². The third-order valence-electron chi connectivity index (χ3n) is 3.42. The first-order chi connectivity index (χ1) is 9.85. The molecule has 1 unspecified atom stereocenters. The summed E-state index contributed by atoms with van der Waals surface area (Å²) in [5, 5.41) is 0.753. The molecule has 120 valence electrons. The average molecular weight is 377 g/mol. The Hall–Kier alpha value is -0.130. The number of likely N-dealkylation sites (N-methyl/N-ethyl adjacent to an activating group) is 1. The molecule has 0 spiro atoms. The van der Waals surface area contributed by atoms with Crippen LogP contribution in [0.3, 0.4) is 0 Å². The summed E-state index contributed by atoms with van der Waals surface area (Å²) >= 11 is 9.80. The predicted molar refractivity (Wildman–Crippen MR) is 95.9 cm³/mol. The van der Waals surface area contributed by atoms with Gasteiger partial charge in [0.25, 0.3) is 0 Å². The van der Waals surface area contributed by atoms with Crippen LogP contribution in [0, 0.1) is 5.92 Å². The molecule has 1 rings (SSSR count). The molecule has 2 N–H and O–H groups in total. The molecule has 1 aromatic rings. The number of hydrogen-bond acceptors (Lipinski definition) is 3. The molecule has 0 aliphatic heterocycles. The van der Waals surface area contributed by atoms with Gasteiger partial charge in [-0.1, -0.05) is 41.4 Å². The zero-order valence-corrected chi connectivity index (χ0v) is 15.8. The lowest BCUT2D eigenvalue weighted by Crippen LogP contribution is -2.40. The Morgan fingerprint density at radius 2 is 1.90 bits per heavy atom. The first-order valence-electron chi connectivity index (χ1n) is 7.39. The second-order valence-corrected chi connectivity index (χ2v) is 7.40. The quantitative estimate of drug-likeness (QED) is 0.752. The number of halogens is 2. The minimum absolute atomic E-state index is 0.181. The van der Waals surface area contributed by atoms with Crippen LogP contribution in [-0.4, -0.2) is 50.1 Å². The maximum absolute atomic E-state index is 6.17. The lowest BCUT2D eigenvalue weighted by Gasteiger charge is -2.34. The van der Waals surface area contributed by atoms with Gasteiger partial charge in [-0.05, 0) is 43.8 Å². The first kappa shape index (κ1) is 18.9. The highest BCUT2D eigenvalue weighted by Gasteiger charge is 2.22. The molecule has 5 heteroatoms. The molecular formula is C16H27BrClN3. The molecule has 0 aliphatic carbocycles. The second-order valence-electron chi connectivity index (χ2n) is 6.11. The SMILES string of the molecule is CC(C)CN(CCN(C)C)C(CN)c1cc(Cl)ccc1Br. The van der Waals surface area contributed by atoms with Crippen LogP contribution in [0.2, 0.25) is 5.02 Å². The zero-order valence-electron chi connectivity index (χ0n) is 13.4. The Morgan fingerprint density at radius 3 is 2.43 bits per heavy atom. The maximum Gasteiger partial charge on any atom is 0.0482 e. The van der Waals surface area contributed by atoms with E-state index in [-0.39, 0.29) is 6.04 Å². The van der Waals surface area contributed by atoms with Crippen molar-refractivity contribution < 1.29 is 0 Å². The van der Waals surface area contributed by atoms with Crippen molar-refractivity contribution in [2.75, 3.05) is 40.3 Å². The van der Waals surface area contributed by atoms with Crippen LogP contribution in [0.4, 0.5) is 0 Å². The van der Waals surface area contributed by atoms with Gasteiger partial charge in [0.15, 0.2) is 0 Å². The molecule has 0 fully saturated rings. The molecule has 21 heavy (non-hydrogen) atoms. The largest absolute Gasteiger partial charge is 0.329 e. The summed E-state index contributed by atoms with van der Waals surface area (Å²) in [5.41, 5.74) is 7.26. The average Bonchev–Trinajstić information content (AvgIpc) is 2.39. The van der Waals surface area contributed by atoms with Gasteiger partial charge in [-0.15, -0.1) is 0 Å². The van der Waals surface area contributed by atoms with E-state index < -0.39 is 0 Å². The number of rotatable bonds is 8. The maximum atomic E-state index is 6.17. The molecule has 0 heterocycles. The van der Waals surface area contributed by atoms with Crippen molar-refractivity contribution >= 4 is 27.5 Å². The fourth-order valence-electron chi connectivity index (χ4n) is 2.41. The Morgan fingerprint density at radius 1 is 1.24 bits per heavy atom. The summed E-state index contributed by atoms with van der Waals surface area (Å²) in [4.78, 5) is 4.66.